The van der Waals surface area contributed by atoms with Crippen molar-refractivity contribution < 1.29 is 24.1 Å². The van der Waals surface area contributed by atoms with E-state index in [9.17, 15) is 4.79 Å². The number of esters is 1. The van der Waals surface area contributed by atoms with E-state index >= 15 is 0 Å². The summed E-state index contributed by atoms with van der Waals surface area (Å²) in [5.41, 5.74) is 0. The summed E-state index contributed by atoms with van der Waals surface area (Å²) in [4.78, 5) is 11.1. The first-order valence-corrected chi connectivity index (χ1v) is 4.74. The van der Waals surface area contributed by atoms with Gasteiger partial charge in [-0.2, -0.15) is 0 Å². The predicted molar refractivity (Wildman–Crippen MR) is 56.9 cm³/mol. The van der Waals surface area contributed by atoms with Crippen LogP contribution in [0.5, 0.6) is 17.2 Å². The molecule has 0 amide bonds. The molecule has 0 aromatic heterocycles. The van der Waals surface area contributed by atoms with E-state index in [4.69, 9.17) is 19.3 Å². The summed E-state index contributed by atoms with van der Waals surface area (Å²) >= 11 is 0. The fraction of sp³-hybridized carbons (Fsp3) is 0.364. The van der Waals surface area contributed by atoms with Crippen LogP contribution < -0.4 is 14.2 Å². The fourth-order valence-electron chi connectivity index (χ4n) is 1.15. The molecule has 16 heavy (non-hydrogen) atoms. The van der Waals surface area contributed by atoms with E-state index in [-0.39, 0.29) is 13.0 Å². The lowest BCUT2D eigenvalue weighted by Gasteiger charge is -2.09. The average molecular weight is 226 g/mol. The molecule has 0 saturated heterocycles. The highest BCUT2D eigenvalue weighted by Crippen LogP contribution is 2.30. The zero-order chi connectivity index (χ0) is 12.0. The first-order chi connectivity index (χ1) is 7.71. The quantitative estimate of drug-likeness (QED) is 0.599. The van der Waals surface area contributed by atoms with Crippen molar-refractivity contribution in [3.63, 3.8) is 0 Å². The molecule has 1 aromatic rings. The van der Waals surface area contributed by atoms with Crippen LogP contribution in [0.2, 0.25) is 0 Å². The molecule has 0 aliphatic rings. The van der Waals surface area contributed by atoms with Crippen molar-refractivity contribution in [2.24, 2.45) is 0 Å². The minimum absolute atomic E-state index is 0.0334. The number of hydrogen-bond acceptors (Lipinski definition) is 5. The van der Waals surface area contributed by atoms with Gasteiger partial charge in [0.25, 0.3) is 0 Å². The molecule has 0 bridgehead atoms. The van der Waals surface area contributed by atoms with E-state index in [1.165, 1.54) is 14.2 Å². The van der Waals surface area contributed by atoms with Gasteiger partial charge in [-0.05, 0) is 12.1 Å². The Labute approximate surface area is 93.6 Å². The summed E-state index contributed by atoms with van der Waals surface area (Å²) < 4.78 is 15.1. The van der Waals surface area contributed by atoms with Crippen LogP contribution >= 0.6 is 0 Å². The highest BCUT2D eigenvalue weighted by molar-refractivity contribution is 5.72. The Bertz CT molecular complexity index is 361. The molecule has 5 heteroatoms. The first-order valence-electron chi connectivity index (χ1n) is 4.74. The third kappa shape index (κ3) is 3.13. The standard InChI is InChI=1S/C11H14O5/c1-14-9-4-3-8(7-10(9)15-2)16-11(13)5-6-12/h3-4,7,12H,5-6H2,1-2H3. The van der Waals surface area contributed by atoms with Gasteiger partial charge in [0.15, 0.2) is 11.5 Å². The molecule has 0 radical (unpaired) electrons. The Hall–Kier alpha value is -1.75. The number of aliphatic hydroxyl groups excluding tert-OH is 1. The molecule has 88 valence electrons. The van der Waals surface area contributed by atoms with Gasteiger partial charge in [-0.3, -0.25) is 4.79 Å². The lowest BCUT2D eigenvalue weighted by molar-refractivity contribution is -0.135. The van der Waals surface area contributed by atoms with Crippen LogP contribution in [0.1, 0.15) is 6.42 Å². The molecule has 0 saturated carbocycles. The van der Waals surface area contributed by atoms with Gasteiger partial charge in [-0.25, -0.2) is 0 Å². The molecule has 0 fully saturated rings. The molecule has 0 aliphatic heterocycles. The maximum Gasteiger partial charge on any atom is 0.313 e. The normalized spacial score (nSPS) is 9.69. The monoisotopic (exact) mass is 226 g/mol. The van der Waals surface area contributed by atoms with Crippen LogP contribution in [0.25, 0.3) is 0 Å². The summed E-state index contributed by atoms with van der Waals surface area (Å²) in [5.74, 6) is 0.909. The van der Waals surface area contributed by atoms with Crippen LogP contribution in [0.3, 0.4) is 0 Å². The van der Waals surface area contributed by atoms with Crippen molar-refractivity contribution >= 4 is 5.97 Å². The van der Waals surface area contributed by atoms with Crippen LogP contribution in [0.4, 0.5) is 0 Å². The predicted octanol–water partition coefficient (Wildman–Crippen LogP) is 0.992. The fourth-order valence-corrected chi connectivity index (χ4v) is 1.15. The van der Waals surface area contributed by atoms with Gasteiger partial charge in [-0.1, -0.05) is 0 Å². The molecule has 1 N–H and O–H groups in total. The van der Waals surface area contributed by atoms with Gasteiger partial charge < -0.3 is 19.3 Å². The number of ether oxygens (including phenoxy) is 3. The number of benzene rings is 1. The van der Waals surface area contributed by atoms with E-state index < -0.39 is 5.97 Å². The van der Waals surface area contributed by atoms with Crippen molar-refractivity contribution in [3.8, 4) is 17.2 Å². The number of aliphatic hydroxyl groups is 1. The molecular formula is C11H14O5. The summed E-state index contributed by atoms with van der Waals surface area (Å²) in [6.07, 6.45) is -0.0334. The third-order valence-corrected chi connectivity index (χ3v) is 1.90. The van der Waals surface area contributed by atoms with Crippen molar-refractivity contribution in [3.05, 3.63) is 18.2 Å². The zero-order valence-electron chi connectivity index (χ0n) is 9.23. The van der Waals surface area contributed by atoms with Gasteiger partial charge in [0.2, 0.25) is 0 Å². The minimum atomic E-state index is -0.491. The minimum Gasteiger partial charge on any atom is -0.493 e. The Kier molecular flexibility index (Phi) is 4.60. The van der Waals surface area contributed by atoms with Crippen LogP contribution in [-0.2, 0) is 4.79 Å². The molecular weight excluding hydrogens is 212 g/mol. The van der Waals surface area contributed by atoms with Crippen molar-refractivity contribution in [1.29, 1.82) is 0 Å². The molecule has 0 spiro atoms. The second kappa shape index (κ2) is 5.97. The van der Waals surface area contributed by atoms with E-state index in [0.29, 0.717) is 17.2 Å². The van der Waals surface area contributed by atoms with Crippen molar-refractivity contribution in [1.82, 2.24) is 0 Å². The lowest BCUT2D eigenvalue weighted by Crippen LogP contribution is -2.09. The molecule has 0 atom stereocenters. The second-order valence-corrected chi connectivity index (χ2v) is 2.96. The Morgan fingerprint density at radius 1 is 1.25 bits per heavy atom. The molecule has 1 aromatic carbocycles. The maximum absolute atomic E-state index is 11.1. The van der Waals surface area contributed by atoms with Crippen LogP contribution in [0.15, 0.2) is 18.2 Å². The Morgan fingerprint density at radius 3 is 2.50 bits per heavy atom. The maximum atomic E-state index is 11.1. The van der Waals surface area contributed by atoms with Gasteiger partial charge in [0, 0.05) is 6.07 Å². The van der Waals surface area contributed by atoms with Gasteiger partial charge >= 0.3 is 5.97 Å². The number of hydrogen-bond donors (Lipinski definition) is 1. The average Bonchev–Trinajstić information content (AvgIpc) is 2.29. The summed E-state index contributed by atoms with van der Waals surface area (Å²) in [6.45, 7) is -0.230. The highest BCUT2D eigenvalue weighted by Gasteiger charge is 2.08. The van der Waals surface area contributed by atoms with Crippen molar-refractivity contribution in [2.75, 3.05) is 20.8 Å². The topological polar surface area (TPSA) is 65.0 Å². The number of methoxy groups -OCH3 is 2. The first kappa shape index (κ1) is 12.3. The second-order valence-electron chi connectivity index (χ2n) is 2.96. The van der Waals surface area contributed by atoms with E-state index in [1.807, 2.05) is 0 Å². The summed E-state index contributed by atoms with van der Waals surface area (Å²) in [6, 6.07) is 4.78. The zero-order valence-corrected chi connectivity index (χ0v) is 9.23. The smallest absolute Gasteiger partial charge is 0.313 e. The van der Waals surface area contributed by atoms with E-state index in [1.54, 1.807) is 18.2 Å². The molecule has 0 unspecified atom stereocenters. The van der Waals surface area contributed by atoms with Crippen LogP contribution in [-0.4, -0.2) is 31.9 Å². The lowest BCUT2D eigenvalue weighted by atomic mass is 10.3. The SMILES string of the molecule is COc1ccc(OC(=O)CCO)cc1OC. The largest absolute Gasteiger partial charge is 0.493 e. The van der Waals surface area contributed by atoms with E-state index in [2.05, 4.69) is 0 Å². The molecule has 5 nitrogen and oxygen atoms in total. The highest BCUT2D eigenvalue weighted by atomic mass is 16.5. The van der Waals surface area contributed by atoms with Crippen LogP contribution in [0, 0.1) is 0 Å². The van der Waals surface area contributed by atoms with E-state index in [0.717, 1.165) is 0 Å². The van der Waals surface area contributed by atoms with Gasteiger partial charge in [0.05, 0.1) is 27.2 Å². The number of carbonyl (C=O) groups is 1. The van der Waals surface area contributed by atoms with Gasteiger partial charge in [0.1, 0.15) is 5.75 Å². The Morgan fingerprint density at radius 2 is 1.94 bits per heavy atom. The molecule has 0 aliphatic carbocycles. The third-order valence-electron chi connectivity index (χ3n) is 1.90. The number of carbonyl (C=O) groups excluding carboxylic acids is 1. The van der Waals surface area contributed by atoms with Gasteiger partial charge in [-0.15, -0.1) is 0 Å². The molecule has 1 rings (SSSR count). The van der Waals surface area contributed by atoms with Crippen molar-refractivity contribution in [2.45, 2.75) is 6.42 Å². The summed E-state index contributed by atoms with van der Waals surface area (Å²) in [5, 5.41) is 8.55. The number of rotatable bonds is 5. The Balaban J connectivity index is 2.78. The molecule has 0 heterocycles. The summed E-state index contributed by atoms with van der Waals surface area (Å²) in [7, 11) is 3.02.